The number of hydrogen-bond acceptors (Lipinski definition) is 5. The molecule has 8 nitrogen and oxygen atoms in total. The number of nitrogens with zero attached hydrogens (tertiary/aromatic N) is 4. The standard InChI is InChI=1S/C22H27N5O3S/c1-15-24-20(21(26(15)5)27(28)29)17-11-9-16(10-12-17)14-19(18-8-6-7-13-23-18)25-31(30)22(2,3)4/h6-13,19,25H,14H2,1-5H3/t19-,31?/m1/s1. The van der Waals surface area contributed by atoms with Gasteiger partial charge in [-0.1, -0.05) is 30.3 Å². The van der Waals surface area contributed by atoms with E-state index in [2.05, 4.69) is 14.7 Å². The van der Waals surface area contributed by atoms with Gasteiger partial charge in [0.05, 0.1) is 34.5 Å². The van der Waals surface area contributed by atoms with Crippen molar-refractivity contribution in [3.63, 3.8) is 0 Å². The summed E-state index contributed by atoms with van der Waals surface area (Å²) in [6.07, 6.45) is 2.29. The summed E-state index contributed by atoms with van der Waals surface area (Å²) in [6.45, 7) is 7.50. The molecule has 0 fully saturated rings. The summed E-state index contributed by atoms with van der Waals surface area (Å²) >= 11 is 0. The van der Waals surface area contributed by atoms with Crippen LogP contribution in [-0.2, 0) is 24.5 Å². The van der Waals surface area contributed by atoms with Crippen molar-refractivity contribution in [1.82, 2.24) is 19.3 Å². The van der Waals surface area contributed by atoms with Crippen molar-refractivity contribution < 1.29 is 9.13 Å². The second kappa shape index (κ2) is 9.07. The highest BCUT2D eigenvalue weighted by molar-refractivity contribution is 7.84. The lowest BCUT2D eigenvalue weighted by Gasteiger charge is -2.24. The van der Waals surface area contributed by atoms with Crippen molar-refractivity contribution in [3.8, 4) is 11.3 Å². The Balaban J connectivity index is 1.88. The summed E-state index contributed by atoms with van der Waals surface area (Å²) in [5.74, 6) is 0.550. The fourth-order valence-electron chi connectivity index (χ4n) is 3.13. The van der Waals surface area contributed by atoms with Crippen molar-refractivity contribution in [2.24, 2.45) is 7.05 Å². The lowest BCUT2D eigenvalue weighted by molar-refractivity contribution is -0.391. The highest BCUT2D eigenvalue weighted by atomic mass is 32.2. The average molecular weight is 442 g/mol. The molecule has 0 saturated carbocycles. The largest absolute Gasteiger partial charge is 0.358 e. The number of nitro groups is 1. The van der Waals surface area contributed by atoms with E-state index in [4.69, 9.17) is 0 Å². The molecule has 164 valence electrons. The number of hydrogen-bond donors (Lipinski definition) is 1. The Hall–Kier alpha value is -2.91. The zero-order valence-corrected chi connectivity index (χ0v) is 19.1. The molecule has 9 heteroatoms. The Kier molecular flexibility index (Phi) is 6.66. The number of pyridine rings is 1. The van der Waals surface area contributed by atoms with Gasteiger partial charge in [-0.3, -0.25) is 4.98 Å². The van der Waals surface area contributed by atoms with Gasteiger partial charge in [-0.05, 0) is 49.8 Å². The summed E-state index contributed by atoms with van der Waals surface area (Å²) in [7, 11) is 0.374. The lowest BCUT2D eigenvalue weighted by atomic mass is 10.0. The summed E-state index contributed by atoms with van der Waals surface area (Å²) < 4.78 is 17.0. The molecule has 2 aromatic heterocycles. The Morgan fingerprint density at radius 2 is 1.87 bits per heavy atom. The third-order valence-electron chi connectivity index (χ3n) is 4.98. The first kappa shape index (κ1) is 22.8. The molecule has 31 heavy (non-hydrogen) atoms. The molecule has 3 aromatic rings. The highest BCUT2D eigenvalue weighted by Crippen LogP contribution is 2.30. The van der Waals surface area contributed by atoms with Gasteiger partial charge in [-0.25, -0.2) is 18.5 Å². The van der Waals surface area contributed by atoms with Gasteiger partial charge in [0.25, 0.3) is 0 Å². The van der Waals surface area contributed by atoms with Crippen molar-refractivity contribution in [1.29, 1.82) is 0 Å². The molecule has 0 radical (unpaired) electrons. The Bertz CT molecular complexity index is 1090. The normalized spacial score (nSPS) is 13.7. The molecule has 0 saturated heterocycles. The first-order valence-electron chi connectivity index (χ1n) is 9.94. The van der Waals surface area contributed by atoms with Gasteiger partial charge in [0, 0.05) is 18.7 Å². The number of rotatable bonds is 7. The number of benzene rings is 1. The second-order valence-electron chi connectivity index (χ2n) is 8.35. The van der Waals surface area contributed by atoms with Crippen molar-refractivity contribution in [3.05, 3.63) is 75.9 Å². The van der Waals surface area contributed by atoms with Crippen LogP contribution in [0.4, 0.5) is 5.82 Å². The molecule has 0 spiro atoms. The molecule has 0 bridgehead atoms. The van der Waals surface area contributed by atoms with Crippen LogP contribution in [0.15, 0.2) is 48.7 Å². The topological polar surface area (TPSA) is 103 Å². The van der Waals surface area contributed by atoms with Gasteiger partial charge in [-0.15, -0.1) is 0 Å². The summed E-state index contributed by atoms with van der Waals surface area (Å²) in [5.41, 5.74) is 2.83. The molecule has 3 rings (SSSR count). The van der Waals surface area contributed by atoms with Crippen molar-refractivity contribution in [2.75, 3.05) is 0 Å². The van der Waals surface area contributed by atoms with E-state index in [9.17, 15) is 14.3 Å². The van der Waals surface area contributed by atoms with Gasteiger partial charge in [0.2, 0.25) is 0 Å². The van der Waals surface area contributed by atoms with Gasteiger partial charge in [-0.2, -0.15) is 0 Å². The van der Waals surface area contributed by atoms with Gasteiger partial charge < -0.3 is 10.1 Å². The summed E-state index contributed by atoms with van der Waals surface area (Å²) in [6, 6.07) is 12.9. The molecule has 0 aliphatic rings. The molecule has 1 unspecified atom stereocenters. The predicted octanol–water partition coefficient (Wildman–Crippen LogP) is 4.03. The van der Waals surface area contributed by atoms with Gasteiger partial charge >= 0.3 is 5.82 Å². The maximum absolute atomic E-state index is 12.7. The first-order valence-corrected chi connectivity index (χ1v) is 11.1. The van der Waals surface area contributed by atoms with Crippen LogP contribution in [0.1, 0.15) is 43.9 Å². The average Bonchev–Trinajstić information content (AvgIpc) is 3.02. The minimum Gasteiger partial charge on any atom is -0.358 e. The summed E-state index contributed by atoms with van der Waals surface area (Å²) in [5, 5.41) is 11.5. The third-order valence-corrected chi connectivity index (χ3v) is 6.59. The monoisotopic (exact) mass is 441 g/mol. The molecular formula is C22H27N5O3S. The number of imidazole rings is 1. The minimum absolute atomic E-state index is 0.0288. The molecule has 2 heterocycles. The van der Waals surface area contributed by atoms with Crippen molar-refractivity contribution >= 4 is 16.8 Å². The smallest absolute Gasteiger partial charge is 0.350 e. The number of aryl methyl sites for hydroxylation is 1. The van der Waals surface area contributed by atoms with Crippen LogP contribution in [0.2, 0.25) is 0 Å². The predicted molar refractivity (Wildman–Crippen MR) is 122 cm³/mol. The molecule has 0 aliphatic carbocycles. The fraction of sp³-hybridized carbons (Fsp3) is 0.364. The minimum atomic E-state index is -1.26. The van der Waals surface area contributed by atoms with Crippen LogP contribution in [0, 0.1) is 17.0 Å². The molecule has 2 atom stereocenters. The van der Waals surface area contributed by atoms with E-state index in [1.165, 1.54) is 4.57 Å². The van der Waals surface area contributed by atoms with Gasteiger partial charge in [0.1, 0.15) is 0 Å². The van der Waals surface area contributed by atoms with Crippen LogP contribution in [0.3, 0.4) is 0 Å². The van der Waals surface area contributed by atoms with E-state index in [-0.39, 0.29) is 11.9 Å². The Morgan fingerprint density at radius 3 is 2.42 bits per heavy atom. The van der Waals surface area contributed by atoms with E-state index in [1.807, 2.05) is 63.2 Å². The Morgan fingerprint density at radius 1 is 1.19 bits per heavy atom. The third kappa shape index (κ3) is 5.23. The van der Waals surface area contributed by atoms with E-state index >= 15 is 0 Å². The first-order chi connectivity index (χ1) is 14.6. The lowest BCUT2D eigenvalue weighted by Crippen LogP contribution is -2.36. The number of nitrogens with one attached hydrogen (secondary N) is 1. The van der Waals surface area contributed by atoms with Gasteiger partial charge in [0.15, 0.2) is 11.5 Å². The molecule has 1 aromatic carbocycles. The zero-order valence-electron chi connectivity index (χ0n) is 18.3. The van der Waals surface area contributed by atoms with E-state index < -0.39 is 20.7 Å². The zero-order chi connectivity index (χ0) is 22.8. The van der Waals surface area contributed by atoms with E-state index in [1.54, 1.807) is 20.2 Å². The van der Waals surface area contributed by atoms with Crippen LogP contribution >= 0.6 is 0 Å². The van der Waals surface area contributed by atoms with E-state index in [0.717, 1.165) is 11.3 Å². The fourth-order valence-corrected chi connectivity index (χ4v) is 3.95. The summed E-state index contributed by atoms with van der Waals surface area (Å²) in [4.78, 5) is 19.9. The van der Waals surface area contributed by atoms with Crippen LogP contribution in [0.5, 0.6) is 0 Å². The second-order valence-corrected chi connectivity index (χ2v) is 10.4. The van der Waals surface area contributed by atoms with Crippen LogP contribution < -0.4 is 4.72 Å². The molecule has 0 amide bonds. The molecule has 1 N–H and O–H groups in total. The SMILES string of the molecule is Cc1nc(-c2ccc(C[C@@H](NS(=O)C(C)(C)C)c3ccccn3)cc2)c([N+](=O)[O-])n1C. The highest BCUT2D eigenvalue weighted by Gasteiger charge is 2.26. The number of aromatic nitrogens is 3. The van der Waals surface area contributed by atoms with Crippen LogP contribution in [0.25, 0.3) is 11.3 Å². The molecule has 0 aliphatic heterocycles. The van der Waals surface area contributed by atoms with Crippen molar-refractivity contribution in [2.45, 2.75) is 44.9 Å². The maximum atomic E-state index is 12.7. The quantitative estimate of drug-likeness (QED) is 0.440. The maximum Gasteiger partial charge on any atom is 0.350 e. The van der Waals surface area contributed by atoms with E-state index in [0.29, 0.717) is 23.5 Å². The Labute approximate surface area is 184 Å². The van der Waals surface area contributed by atoms with Crippen LogP contribution in [-0.4, -0.2) is 28.4 Å². The molecular weight excluding hydrogens is 414 g/mol.